The topological polar surface area (TPSA) is 78.4 Å². The maximum atomic E-state index is 15.4. The van der Waals surface area contributed by atoms with Gasteiger partial charge in [0.1, 0.15) is 27.2 Å². The van der Waals surface area contributed by atoms with E-state index in [1.807, 2.05) is 19.0 Å². The number of sulfonamides is 1. The molecule has 5 rings (SSSR count). The van der Waals surface area contributed by atoms with Crippen molar-refractivity contribution in [2.24, 2.45) is 5.92 Å². The number of rotatable bonds is 7. The molecule has 2 aliphatic carbocycles. The van der Waals surface area contributed by atoms with Gasteiger partial charge < -0.3 is 9.80 Å². The van der Waals surface area contributed by atoms with Crippen molar-refractivity contribution >= 4 is 56.3 Å². The average molecular weight is 667 g/mol. The second kappa shape index (κ2) is 10.7. The number of halogens is 7. The van der Waals surface area contributed by atoms with Crippen molar-refractivity contribution in [3.8, 4) is 0 Å². The molecular formula is C27H26Cl3F4N5O2S. The minimum Gasteiger partial charge on any atom is -0.369 e. The Morgan fingerprint density at radius 1 is 1.07 bits per heavy atom. The Kier molecular flexibility index (Phi) is 7.88. The largest absolute Gasteiger partial charge is 0.416 e. The number of anilines is 2. The standard InChI is InChI=1S/C27H26Cl3F4N5O2S/c1-38(2)21-13-25(15-5-4-6-16(9-15)27(32,33)34)23(26(25,29)30)12-20(21)39(3)19-11-18(31)22(10-17(19)28)42(40,41)37-24-7-8-35-14-36-24/h4-11,14,20-21,23H,12-13H2,1-3H3,(H,35,36,37)/t20-,21-,23+,25+/m0/s1. The summed E-state index contributed by atoms with van der Waals surface area (Å²) in [4.78, 5) is 10.5. The maximum absolute atomic E-state index is 15.4. The van der Waals surface area contributed by atoms with Crippen LogP contribution in [0.25, 0.3) is 0 Å². The van der Waals surface area contributed by atoms with Gasteiger partial charge in [-0.25, -0.2) is 22.8 Å². The summed E-state index contributed by atoms with van der Waals surface area (Å²) in [7, 11) is 0.980. The molecule has 2 aliphatic rings. The molecule has 42 heavy (non-hydrogen) atoms. The molecule has 1 aromatic heterocycles. The minimum atomic E-state index is -4.53. The maximum Gasteiger partial charge on any atom is 0.416 e. The van der Waals surface area contributed by atoms with Gasteiger partial charge in [0.2, 0.25) is 0 Å². The molecule has 15 heteroatoms. The van der Waals surface area contributed by atoms with Crippen LogP contribution in [-0.2, 0) is 21.6 Å². The molecule has 1 N–H and O–H groups in total. The lowest BCUT2D eigenvalue weighted by atomic mass is 9.76. The van der Waals surface area contributed by atoms with Crippen LogP contribution in [0.5, 0.6) is 0 Å². The number of hydrogen-bond acceptors (Lipinski definition) is 6. The fourth-order valence-corrected chi connectivity index (χ4v) is 8.70. The summed E-state index contributed by atoms with van der Waals surface area (Å²) in [5.41, 5.74) is -1.07. The number of likely N-dealkylation sites (N-methyl/N-ethyl adjacent to an activating group) is 2. The van der Waals surface area contributed by atoms with E-state index in [0.29, 0.717) is 18.4 Å². The molecule has 0 spiro atoms. The Hall–Kier alpha value is -2.38. The van der Waals surface area contributed by atoms with E-state index in [4.69, 9.17) is 34.8 Å². The van der Waals surface area contributed by atoms with Gasteiger partial charge in [-0.1, -0.05) is 29.8 Å². The van der Waals surface area contributed by atoms with Gasteiger partial charge in [-0.15, -0.1) is 23.2 Å². The predicted octanol–water partition coefficient (Wildman–Crippen LogP) is 6.36. The van der Waals surface area contributed by atoms with Crippen LogP contribution in [0.2, 0.25) is 5.02 Å². The van der Waals surface area contributed by atoms with Crippen molar-refractivity contribution in [1.29, 1.82) is 0 Å². The van der Waals surface area contributed by atoms with Gasteiger partial charge in [0.05, 0.1) is 16.3 Å². The number of fused-ring (bicyclic) bond motifs is 1. The van der Waals surface area contributed by atoms with Gasteiger partial charge >= 0.3 is 6.18 Å². The number of benzene rings is 2. The van der Waals surface area contributed by atoms with Crippen LogP contribution in [-0.4, -0.2) is 60.8 Å². The van der Waals surface area contributed by atoms with E-state index in [9.17, 15) is 21.6 Å². The van der Waals surface area contributed by atoms with Gasteiger partial charge in [-0.3, -0.25) is 4.72 Å². The number of hydrogen-bond donors (Lipinski definition) is 1. The molecule has 2 saturated carbocycles. The van der Waals surface area contributed by atoms with Crippen LogP contribution in [0.3, 0.4) is 0 Å². The molecule has 0 unspecified atom stereocenters. The van der Waals surface area contributed by atoms with Gasteiger partial charge in [-0.05, 0) is 50.7 Å². The van der Waals surface area contributed by atoms with Gasteiger partial charge in [0.25, 0.3) is 10.0 Å². The first-order chi connectivity index (χ1) is 19.5. The molecule has 0 aliphatic heterocycles. The number of aromatic nitrogens is 2. The van der Waals surface area contributed by atoms with Crippen LogP contribution in [0.1, 0.15) is 24.0 Å². The highest BCUT2D eigenvalue weighted by atomic mass is 35.5. The van der Waals surface area contributed by atoms with E-state index in [0.717, 1.165) is 30.6 Å². The Morgan fingerprint density at radius 2 is 1.79 bits per heavy atom. The van der Waals surface area contributed by atoms with E-state index in [1.54, 1.807) is 18.0 Å². The first-order valence-corrected chi connectivity index (χ1v) is 15.3. The molecular weight excluding hydrogens is 641 g/mol. The second-order valence-corrected chi connectivity index (χ2v) is 14.3. The van der Waals surface area contributed by atoms with Crippen LogP contribution in [0, 0.1) is 11.7 Å². The molecule has 2 aromatic carbocycles. The minimum absolute atomic E-state index is 0.0204. The summed E-state index contributed by atoms with van der Waals surface area (Å²) in [5, 5.41) is -0.0204. The summed E-state index contributed by atoms with van der Waals surface area (Å²) in [5.74, 6) is -1.48. The van der Waals surface area contributed by atoms with Crippen molar-refractivity contribution in [1.82, 2.24) is 14.9 Å². The lowest BCUT2D eigenvalue weighted by molar-refractivity contribution is -0.137. The Labute approximate surface area is 255 Å². The number of alkyl halides is 5. The molecule has 0 bridgehead atoms. The fourth-order valence-electron chi connectivity index (χ4n) is 6.17. The average Bonchev–Trinajstić information content (AvgIpc) is 3.43. The quantitative estimate of drug-likeness (QED) is 0.234. The third-order valence-corrected chi connectivity index (χ3v) is 11.2. The van der Waals surface area contributed by atoms with Gasteiger partial charge in [0.15, 0.2) is 0 Å². The molecule has 226 valence electrons. The fraction of sp³-hybridized carbons (Fsp3) is 0.407. The number of nitrogens with zero attached hydrogens (tertiary/aromatic N) is 4. The van der Waals surface area contributed by atoms with Crippen LogP contribution in [0.15, 0.2) is 59.9 Å². The zero-order valence-electron chi connectivity index (χ0n) is 22.5. The van der Waals surface area contributed by atoms with Gasteiger partial charge in [-0.2, -0.15) is 13.2 Å². The van der Waals surface area contributed by atoms with Crippen molar-refractivity contribution in [2.75, 3.05) is 30.8 Å². The molecule has 0 amide bonds. The normalized spacial score (nSPS) is 25.2. The van der Waals surface area contributed by atoms with Crippen molar-refractivity contribution in [3.63, 3.8) is 0 Å². The summed E-state index contributed by atoms with van der Waals surface area (Å²) in [6.45, 7) is 0. The molecule has 7 nitrogen and oxygen atoms in total. The highest BCUT2D eigenvalue weighted by Gasteiger charge is 2.78. The van der Waals surface area contributed by atoms with E-state index < -0.39 is 48.1 Å². The zero-order chi connectivity index (χ0) is 30.8. The first kappa shape index (κ1) is 31.1. The van der Waals surface area contributed by atoms with Crippen molar-refractivity contribution in [2.45, 2.75) is 45.7 Å². The lowest BCUT2D eigenvalue weighted by Crippen LogP contribution is -2.53. The van der Waals surface area contributed by atoms with E-state index in [-0.39, 0.29) is 28.6 Å². The zero-order valence-corrected chi connectivity index (χ0v) is 25.6. The molecule has 2 fully saturated rings. The molecule has 0 radical (unpaired) electrons. The first-order valence-electron chi connectivity index (χ1n) is 12.7. The van der Waals surface area contributed by atoms with Crippen LogP contribution in [0.4, 0.5) is 29.1 Å². The third kappa shape index (κ3) is 5.19. The van der Waals surface area contributed by atoms with Crippen molar-refractivity contribution in [3.05, 3.63) is 77.0 Å². The van der Waals surface area contributed by atoms with Crippen LogP contribution < -0.4 is 9.62 Å². The van der Waals surface area contributed by atoms with Crippen LogP contribution >= 0.6 is 34.8 Å². The van der Waals surface area contributed by atoms with E-state index in [2.05, 4.69) is 14.7 Å². The Bertz CT molecular complexity index is 1610. The summed E-state index contributed by atoms with van der Waals surface area (Å²) >= 11 is 20.2. The van der Waals surface area contributed by atoms with Gasteiger partial charge in [0, 0.05) is 42.7 Å². The third-order valence-electron chi connectivity index (χ3n) is 8.35. The highest BCUT2D eigenvalue weighted by molar-refractivity contribution is 7.92. The summed E-state index contributed by atoms with van der Waals surface area (Å²) in [6.07, 6.45) is -1.38. The molecule has 3 aromatic rings. The monoisotopic (exact) mass is 665 g/mol. The molecule has 4 atom stereocenters. The van der Waals surface area contributed by atoms with E-state index >= 15 is 4.39 Å². The summed E-state index contributed by atoms with van der Waals surface area (Å²) in [6, 6.07) is 7.83. The van der Waals surface area contributed by atoms with Crippen molar-refractivity contribution < 1.29 is 26.0 Å². The molecule has 1 heterocycles. The number of nitrogens with one attached hydrogen (secondary N) is 1. The molecule has 0 saturated heterocycles. The summed E-state index contributed by atoms with van der Waals surface area (Å²) < 4.78 is 82.6. The Morgan fingerprint density at radius 3 is 2.40 bits per heavy atom. The highest BCUT2D eigenvalue weighted by Crippen LogP contribution is 2.75. The lowest BCUT2D eigenvalue weighted by Gasteiger charge is -2.44. The SMILES string of the molecule is CN(C)[C@H]1C[C@@]2(c3cccc(C(F)(F)F)c3)[C@@H](C[C@@H]1N(C)c1cc(F)c(S(=O)(=O)Nc3ccncn3)cc1Cl)C2(Cl)Cl. The smallest absolute Gasteiger partial charge is 0.369 e. The predicted molar refractivity (Wildman–Crippen MR) is 154 cm³/mol. The second-order valence-electron chi connectivity index (χ2n) is 10.8. The van der Waals surface area contributed by atoms with E-state index in [1.165, 1.54) is 18.3 Å². The Balaban J connectivity index is 1.47.